The summed E-state index contributed by atoms with van der Waals surface area (Å²) < 4.78 is 5.22. The fraction of sp³-hybridized carbons (Fsp3) is 0.529. The molecule has 1 aromatic rings. The van der Waals surface area contributed by atoms with E-state index in [1.807, 2.05) is 13.0 Å². The molecule has 0 aliphatic heterocycles. The fourth-order valence-electron chi connectivity index (χ4n) is 2.58. The van der Waals surface area contributed by atoms with Gasteiger partial charge in [-0.15, -0.1) is 23.2 Å². The molecule has 1 unspecified atom stereocenters. The van der Waals surface area contributed by atoms with Gasteiger partial charge in [0.2, 0.25) is 5.91 Å². The van der Waals surface area contributed by atoms with Crippen LogP contribution < -0.4 is 4.74 Å². The number of carboxylic acid groups (broad SMARTS) is 1. The Balaban J connectivity index is 2.98. The van der Waals surface area contributed by atoms with Crippen LogP contribution >= 0.6 is 23.2 Å². The normalized spacial score (nSPS) is 11.8. The highest BCUT2D eigenvalue weighted by Crippen LogP contribution is 2.29. The van der Waals surface area contributed by atoms with Crippen molar-refractivity contribution in [2.24, 2.45) is 0 Å². The third-order valence-corrected chi connectivity index (χ3v) is 4.13. The summed E-state index contributed by atoms with van der Waals surface area (Å²) in [7, 11) is 1.58. The molecule has 1 N–H and O–H groups in total. The van der Waals surface area contributed by atoms with Gasteiger partial charge in [0.1, 0.15) is 5.75 Å². The van der Waals surface area contributed by atoms with Gasteiger partial charge in [-0.05, 0) is 24.1 Å². The highest BCUT2D eigenvalue weighted by molar-refractivity contribution is 6.18. The van der Waals surface area contributed by atoms with E-state index in [-0.39, 0.29) is 18.7 Å². The molecule has 1 atom stereocenters. The van der Waals surface area contributed by atoms with Crippen LogP contribution in [-0.4, -0.2) is 53.8 Å². The van der Waals surface area contributed by atoms with E-state index in [1.165, 1.54) is 0 Å². The van der Waals surface area contributed by atoms with Crippen molar-refractivity contribution >= 4 is 35.1 Å². The Bertz CT molecular complexity index is 560. The number of carbonyl (C=O) groups excluding carboxylic acids is 1. The lowest BCUT2D eigenvalue weighted by atomic mass is 9.90. The smallest absolute Gasteiger partial charge is 0.303 e. The van der Waals surface area contributed by atoms with Gasteiger partial charge >= 0.3 is 5.97 Å². The summed E-state index contributed by atoms with van der Waals surface area (Å²) in [5.74, 6) is -0.141. The minimum absolute atomic E-state index is 0.103. The molecule has 5 nitrogen and oxygen atoms in total. The zero-order valence-corrected chi connectivity index (χ0v) is 15.4. The molecule has 0 radical (unpaired) electrons. The molecular weight excluding hydrogens is 353 g/mol. The maximum absolute atomic E-state index is 12.5. The van der Waals surface area contributed by atoms with Crippen molar-refractivity contribution in [2.75, 3.05) is 32.0 Å². The molecular formula is C17H23Cl2NO4. The monoisotopic (exact) mass is 375 g/mol. The predicted octanol–water partition coefficient (Wildman–Crippen LogP) is 3.26. The summed E-state index contributed by atoms with van der Waals surface area (Å²) in [5, 5.41) is 9.18. The molecule has 1 rings (SSSR count). The number of methoxy groups -OCH3 is 1. The minimum atomic E-state index is -0.942. The van der Waals surface area contributed by atoms with E-state index >= 15 is 0 Å². The van der Waals surface area contributed by atoms with Gasteiger partial charge in [-0.2, -0.15) is 0 Å². The lowest BCUT2D eigenvalue weighted by Crippen LogP contribution is -2.35. The lowest BCUT2D eigenvalue weighted by molar-refractivity contribution is -0.137. The highest BCUT2D eigenvalue weighted by Gasteiger charge is 2.23. The molecule has 0 bridgehead atoms. The van der Waals surface area contributed by atoms with Gasteiger partial charge in [-0.1, -0.05) is 12.1 Å². The fourth-order valence-corrected chi connectivity index (χ4v) is 2.99. The second kappa shape index (κ2) is 10.4. The summed E-state index contributed by atoms with van der Waals surface area (Å²) in [4.78, 5) is 25.3. The van der Waals surface area contributed by atoms with Crippen LogP contribution in [0.4, 0.5) is 0 Å². The Kier molecular flexibility index (Phi) is 8.93. The Morgan fingerprint density at radius 2 is 1.83 bits per heavy atom. The standard InChI is InChI=1S/C17H23Cl2NO4/c1-12-9-13(3-4-15(12)24-2)14(11-17(22)23)10-16(21)20(7-5-18)8-6-19/h3-4,9,14H,5-8,10-11H2,1-2H3,(H,22,23). The molecule has 0 saturated heterocycles. The number of hydrogen-bond acceptors (Lipinski definition) is 3. The molecule has 0 aliphatic carbocycles. The quantitative estimate of drug-likeness (QED) is 0.637. The number of benzene rings is 1. The lowest BCUT2D eigenvalue weighted by Gasteiger charge is -2.24. The van der Waals surface area contributed by atoms with Gasteiger partial charge in [-0.25, -0.2) is 0 Å². The Labute approximate surface area is 152 Å². The molecule has 7 heteroatoms. The molecule has 134 valence electrons. The van der Waals surface area contributed by atoms with Crippen molar-refractivity contribution in [3.8, 4) is 5.75 Å². The van der Waals surface area contributed by atoms with Gasteiger partial charge in [0.25, 0.3) is 0 Å². The van der Waals surface area contributed by atoms with E-state index in [0.29, 0.717) is 24.8 Å². The average Bonchev–Trinajstić information content (AvgIpc) is 2.53. The van der Waals surface area contributed by atoms with E-state index in [2.05, 4.69) is 0 Å². The summed E-state index contributed by atoms with van der Waals surface area (Å²) >= 11 is 11.4. The average molecular weight is 376 g/mol. The zero-order chi connectivity index (χ0) is 18.1. The van der Waals surface area contributed by atoms with E-state index in [1.54, 1.807) is 24.1 Å². The van der Waals surface area contributed by atoms with Crippen molar-refractivity contribution in [3.63, 3.8) is 0 Å². The number of alkyl halides is 2. The zero-order valence-electron chi connectivity index (χ0n) is 13.9. The van der Waals surface area contributed by atoms with Crippen molar-refractivity contribution < 1.29 is 19.4 Å². The largest absolute Gasteiger partial charge is 0.496 e. The summed E-state index contributed by atoms with van der Waals surface area (Å²) in [6.07, 6.45) is -0.0149. The maximum Gasteiger partial charge on any atom is 0.303 e. The highest BCUT2D eigenvalue weighted by atomic mass is 35.5. The van der Waals surface area contributed by atoms with Crippen molar-refractivity contribution in [3.05, 3.63) is 29.3 Å². The second-order valence-electron chi connectivity index (χ2n) is 5.49. The van der Waals surface area contributed by atoms with Crippen LogP contribution in [0.2, 0.25) is 0 Å². The first kappa shape index (κ1) is 20.6. The molecule has 0 spiro atoms. The van der Waals surface area contributed by atoms with E-state index < -0.39 is 11.9 Å². The van der Waals surface area contributed by atoms with Crippen LogP contribution in [0.3, 0.4) is 0 Å². The maximum atomic E-state index is 12.5. The number of carbonyl (C=O) groups is 2. The van der Waals surface area contributed by atoms with Gasteiger partial charge in [0.05, 0.1) is 13.5 Å². The molecule has 1 amide bonds. The number of aryl methyl sites for hydroxylation is 1. The minimum Gasteiger partial charge on any atom is -0.496 e. The first-order chi connectivity index (χ1) is 11.4. The van der Waals surface area contributed by atoms with Gasteiger partial charge in [-0.3, -0.25) is 9.59 Å². The molecule has 0 saturated carbocycles. The Hall–Kier alpha value is -1.46. The molecule has 24 heavy (non-hydrogen) atoms. The molecule has 0 aromatic heterocycles. The Morgan fingerprint density at radius 3 is 2.29 bits per heavy atom. The van der Waals surface area contributed by atoms with Crippen LogP contribution in [0.25, 0.3) is 0 Å². The molecule has 0 heterocycles. The van der Waals surface area contributed by atoms with Crippen molar-refractivity contribution in [2.45, 2.75) is 25.7 Å². The SMILES string of the molecule is COc1ccc(C(CC(=O)O)CC(=O)N(CCCl)CCCl)cc1C. The van der Waals surface area contributed by atoms with Crippen molar-refractivity contribution in [1.29, 1.82) is 0 Å². The van der Waals surface area contributed by atoms with Crippen LogP contribution in [0.15, 0.2) is 18.2 Å². The summed E-state index contributed by atoms with van der Waals surface area (Å²) in [5.41, 5.74) is 1.71. The first-order valence-electron chi connectivity index (χ1n) is 7.69. The number of rotatable bonds is 10. The molecule has 1 aromatic carbocycles. The van der Waals surface area contributed by atoms with Crippen LogP contribution in [0, 0.1) is 6.92 Å². The van der Waals surface area contributed by atoms with Gasteiger partial charge < -0.3 is 14.7 Å². The molecule has 0 aliphatic rings. The molecule has 0 fully saturated rings. The van der Waals surface area contributed by atoms with Crippen LogP contribution in [0.1, 0.15) is 29.9 Å². The van der Waals surface area contributed by atoms with Crippen molar-refractivity contribution in [1.82, 2.24) is 4.90 Å². The third kappa shape index (κ3) is 6.21. The summed E-state index contributed by atoms with van der Waals surface area (Å²) in [6, 6.07) is 5.46. The number of amides is 1. The van der Waals surface area contributed by atoms with E-state index in [9.17, 15) is 14.7 Å². The van der Waals surface area contributed by atoms with Gasteiger partial charge in [0, 0.05) is 37.2 Å². The number of hydrogen-bond donors (Lipinski definition) is 1. The number of carboxylic acids is 1. The topological polar surface area (TPSA) is 66.8 Å². The van der Waals surface area contributed by atoms with Gasteiger partial charge in [0.15, 0.2) is 0 Å². The summed E-state index contributed by atoms with van der Waals surface area (Å²) in [6.45, 7) is 2.68. The third-order valence-electron chi connectivity index (χ3n) is 3.79. The van der Waals surface area contributed by atoms with E-state index in [4.69, 9.17) is 27.9 Å². The number of halogens is 2. The number of nitrogens with zero attached hydrogens (tertiary/aromatic N) is 1. The van der Waals surface area contributed by atoms with Crippen LogP contribution in [-0.2, 0) is 9.59 Å². The number of aliphatic carboxylic acids is 1. The predicted molar refractivity (Wildman–Crippen MR) is 95.4 cm³/mol. The van der Waals surface area contributed by atoms with Crippen LogP contribution in [0.5, 0.6) is 5.75 Å². The second-order valence-corrected chi connectivity index (χ2v) is 6.24. The van der Waals surface area contributed by atoms with E-state index in [0.717, 1.165) is 16.9 Å². The Morgan fingerprint density at radius 1 is 1.21 bits per heavy atom. The number of ether oxygens (including phenoxy) is 1. The first-order valence-corrected chi connectivity index (χ1v) is 8.75.